The minimum absolute atomic E-state index is 0.0581. The topological polar surface area (TPSA) is 55.8 Å². The molecule has 5 nitrogen and oxygen atoms in total. The van der Waals surface area contributed by atoms with Crippen molar-refractivity contribution in [1.29, 1.82) is 0 Å². The molecular formula is C21H21NO4. The van der Waals surface area contributed by atoms with E-state index in [9.17, 15) is 9.59 Å². The fraction of sp³-hybridized carbons (Fsp3) is 0.333. The maximum absolute atomic E-state index is 12.7. The molecule has 0 aromatic heterocycles. The van der Waals surface area contributed by atoms with E-state index in [0.29, 0.717) is 25.8 Å². The second kappa shape index (κ2) is 6.83. The number of imide groups is 1. The van der Waals surface area contributed by atoms with Crippen molar-refractivity contribution < 1.29 is 19.1 Å². The minimum Gasteiger partial charge on any atom is -0.454 e. The molecule has 0 N–H and O–H groups in total. The van der Waals surface area contributed by atoms with Crippen LogP contribution in [0.5, 0.6) is 11.5 Å². The van der Waals surface area contributed by atoms with Crippen LogP contribution in [0.1, 0.15) is 23.1 Å². The zero-order valence-corrected chi connectivity index (χ0v) is 14.7. The Bertz CT molecular complexity index is 861. The van der Waals surface area contributed by atoms with Gasteiger partial charge in [-0.3, -0.25) is 14.5 Å². The summed E-state index contributed by atoms with van der Waals surface area (Å²) in [6, 6.07) is 13.8. The summed E-state index contributed by atoms with van der Waals surface area (Å²) in [6.07, 6.45) is 1.53. The van der Waals surface area contributed by atoms with Gasteiger partial charge in [-0.05, 0) is 43.0 Å². The minimum atomic E-state index is -0.249. The lowest BCUT2D eigenvalue weighted by Gasteiger charge is -2.15. The summed E-state index contributed by atoms with van der Waals surface area (Å²) >= 11 is 0. The number of hydrogen-bond acceptors (Lipinski definition) is 4. The van der Waals surface area contributed by atoms with Gasteiger partial charge in [0.05, 0.1) is 5.92 Å². The lowest BCUT2D eigenvalue weighted by molar-refractivity contribution is -0.139. The van der Waals surface area contributed by atoms with Gasteiger partial charge in [0.25, 0.3) is 0 Å². The van der Waals surface area contributed by atoms with Gasteiger partial charge in [-0.2, -0.15) is 0 Å². The lowest BCUT2D eigenvalue weighted by atomic mass is 9.97. The molecule has 2 amide bonds. The monoisotopic (exact) mass is 351 g/mol. The molecule has 1 atom stereocenters. The quantitative estimate of drug-likeness (QED) is 0.778. The number of benzene rings is 2. The number of rotatable bonds is 5. The molecule has 0 saturated carbocycles. The highest BCUT2D eigenvalue weighted by atomic mass is 16.7. The summed E-state index contributed by atoms with van der Waals surface area (Å²) in [5.41, 5.74) is 3.30. The molecule has 2 aliphatic rings. The van der Waals surface area contributed by atoms with E-state index in [1.807, 2.05) is 43.3 Å². The number of amides is 2. The van der Waals surface area contributed by atoms with Gasteiger partial charge < -0.3 is 9.47 Å². The second-order valence-corrected chi connectivity index (χ2v) is 6.92. The number of fused-ring (bicyclic) bond motifs is 1. The Morgan fingerprint density at radius 2 is 1.88 bits per heavy atom. The van der Waals surface area contributed by atoms with Gasteiger partial charge in [0.2, 0.25) is 18.6 Å². The van der Waals surface area contributed by atoms with Crippen LogP contribution in [0, 0.1) is 12.8 Å². The summed E-state index contributed by atoms with van der Waals surface area (Å²) in [6.45, 7) is 2.67. The molecule has 0 radical (unpaired) electrons. The molecule has 5 heteroatoms. The number of nitrogens with zero attached hydrogens (tertiary/aromatic N) is 1. The number of ether oxygens (including phenoxy) is 2. The Kier molecular flexibility index (Phi) is 4.37. The molecular weight excluding hydrogens is 330 g/mol. The van der Waals surface area contributed by atoms with Gasteiger partial charge in [0.1, 0.15) is 0 Å². The summed E-state index contributed by atoms with van der Waals surface area (Å²) in [5.74, 6) is 1.07. The van der Waals surface area contributed by atoms with E-state index < -0.39 is 0 Å². The molecule has 0 aliphatic carbocycles. The van der Waals surface area contributed by atoms with E-state index >= 15 is 0 Å². The van der Waals surface area contributed by atoms with Crippen LogP contribution in [0.4, 0.5) is 0 Å². The number of carbonyl (C=O) groups excluding carboxylic acids is 2. The smallest absolute Gasteiger partial charge is 0.233 e. The summed E-state index contributed by atoms with van der Waals surface area (Å²) in [4.78, 5) is 26.4. The van der Waals surface area contributed by atoms with E-state index in [-0.39, 0.29) is 24.5 Å². The standard InChI is InChI=1S/C21H21NO4/c1-14-3-2-4-16(9-14)10-17-12-20(23)22(21(17)24)8-7-15-5-6-18-19(11-15)26-13-25-18/h2-6,9,11,17H,7-8,10,12-13H2,1H3/t17-/m1/s1. The summed E-state index contributed by atoms with van der Waals surface area (Å²) in [7, 11) is 0. The normalized spacial score (nSPS) is 18.7. The van der Waals surface area contributed by atoms with Crippen molar-refractivity contribution in [3.63, 3.8) is 0 Å². The first-order valence-corrected chi connectivity index (χ1v) is 8.88. The fourth-order valence-corrected chi connectivity index (χ4v) is 3.61. The summed E-state index contributed by atoms with van der Waals surface area (Å²) < 4.78 is 10.7. The van der Waals surface area contributed by atoms with Crippen LogP contribution >= 0.6 is 0 Å². The highest BCUT2D eigenvalue weighted by Crippen LogP contribution is 2.33. The van der Waals surface area contributed by atoms with Gasteiger partial charge in [-0.25, -0.2) is 0 Å². The predicted molar refractivity (Wildman–Crippen MR) is 96.0 cm³/mol. The van der Waals surface area contributed by atoms with Crippen LogP contribution in [0.3, 0.4) is 0 Å². The van der Waals surface area contributed by atoms with Crippen molar-refractivity contribution in [2.24, 2.45) is 5.92 Å². The van der Waals surface area contributed by atoms with Crippen LogP contribution in [0.25, 0.3) is 0 Å². The maximum Gasteiger partial charge on any atom is 0.233 e. The van der Waals surface area contributed by atoms with Crippen molar-refractivity contribution in [3.8, 4) is 11.5 Å². The third kappa shape index (κ3) is 3.29. The number of carbonyl (C=O) groups is 2. The average Bonchev–Trinajstić information content (AvgIpc) is 3.18. The van der Waals surface area contributed by atoms with Crippen molar-refractivity contribution >= 4 is 11.8 Å². The lowest BCUT2D eigenvalue weighted by Crippen LogP contribution is -2.33. The molecule has 134 valence electrons. The fourth-order valence-electron chi connectivity index (χ4n) is 3.61. The third-order valence-electron chi connectivity index (χ3n) is 4.96. The largest absolute Gasteiger partial charge is 0.454 e. The van der Waals surface area contributed by atoms with Gasteiger partial charge in [0, 0.05) is 13.0 Å². The average molecular weight is 351 g/mol. The first kappa shape index (κ1) is 16.6. The molecule has 2 aromatic rings. The van der Waals surface area contributed by atoms with Crippen molar-refractivity contribution in [2.45, 2.75) is 26.2 Å². The molecule has 0 unspecified atom stereocenters. The van der Waals surface area contributed by atoms with Crippen molar-refractivity contribution in [2.75, 3.05) is 13.3 Å². The van der Waals surface area contributed by atoms with Crippen LogP contribution in [0.2, 0.25) is 0 Å². The Morgan fingerprint density at radius 1 is 1.04 bits per heavy atom. The van der Waals surface area contributed by atoms with E-state index in [0.717, 1.165) is 22.6 Å². The number of hydrogen-bond donors (Lipinski definition) is 0. The van der Waals surface area contributed by atoms with Gasteiger partial charge >= 0.3 is 0 Å². The number of likely N-dealkylation sites (tertiary alicyclic amines) is 1. The van der Waals surface area contributed by atoms with E-state index in [4.69, 9.17) is 9.47 Å². The van der Waals surface area contributed by atoms with Crippen molar-refractivity contribution in [3.05, 3.63) is 59.2 Å². The van der Waals surface area contributed by atoms with Gasteiger partial charge in [-0.1, -0.05) is 35.9 Å². The number of aryl methyl sites for hydroxylation is 1. The van der Waals surface area contributed by atoms with Crippen LogP contribution in [-0.2, 0) is 22.4 Å². The van der Waals surface area contributed by atoms with Gasteiger partial charge in [-0.15, -0.1) is 0 Å². The van der Waals surface area contributed by atoms with Gasteiger partial charge in [0.15, 0.2) is 11.5 Å². The molecule has 2 heterocycles. The highest BCUT2D eigenvalue weighted by Gasteiger charge is 2.38. The summed E-state index contributed by atoms with van der Waals surface area (Å²) in [5, 5.41) is 0. The first-order chi connectivity index (χ1) is 12.6. The van der Waals surface area contributed by atoms with Crippen LogP contribution < -0.4 is 9.47 Å². The zero-order chi connectivity index (χ0) is 18.1. The van der Waals surface area contributed by atoms with E-state index in [1.54, 1.807) is 0 Å². The molecule has 0 spiro atoms. The Morgan fingerprint density at radius 3 is 2.73 bits per heavy atom. The predicted octanol–water partition coefficient (Wildman–Crippen LogP) is 2.88. The molecule has 0 bridgehead atoms. The first-order valence-electron chi connectivity index (χ1n) is 8.88. The van der Waals surface area contributed by atoms with E-state index in [2.05, 4.69) is 6.07 Å². The highest BCUT2D eigenvalue weighted by molar-refractivity contribution is 6.03. The molecule has 4 rings (SSSR count). The Hall–Kier alpha value is -2.82. The zero-order valence-electron chi connectivity index (χ0n) is 14.7. The van der Waals surface area contributed by atoms with Crippen LogP contribution in [0.15, 0.2) is 42.5 Å². The Labute approximate surface area is 152 Å². The van der Waals surface area contributed by atoms with Crippen LogP contribution in [-0.4, -0.2) is 30.1 Å². The molecule has 26 heavy (non-hydrogen) atoms. The SMILES string of the molecule is Cc1cccc(C[C@@H]2CC(=O)N(CCc3ccc4c(c3)OCO4)C2=O)c1. The third-order valence-corrected chi connectivity index (χ3v) is 4.96. The molecule has 2 aliphatic heterocycles. The molecule has 2 aromatic carbocycles. The molecule has 1 fully saturated rings. The van der Waals surface area contributed by atoms with E-state index in [1.165, 1.54) is 10.5 Å². The second-order valence-electron chi connectivity index (χ2n) is 6.92. The maximum atomic E-state index is 12.7. The molecule has 1 saturated heterocycles. The van der Waals surface area contributed by atoms with Crippen molar-refractivity contribution in [1.82, 2.24) is 4.90 Å². The Balaban J connectivity index is 1.39.